The van der Waals surface area contributed by atoms with Crippen LogP contribution in [-0.4, -0.2) is 12.4 Å². The minimum atomic E-state index is 0.0138. The van der Waals surface area contributed by atoms with E-state index in [0.29, 0.717) is 17.7 Å². The van der Waals surface area contributed by atoms with E-state index in [2.05, 4.69) is 38.5 Å². The largest absolute Gasteiger partial charge is 0.494 e. The first-order valence-electron chi connectivity index (χ1n) is 5.85. The molecule has 0 aliphatic heterocycles. The molecule has 2 aromatic carbocycles. The summed E-state index contributed by atoms with van der Waals surface area (Å²) in [4.78, 5) is 12.5. The standard InChI is InChI=1S/C15H12BrIO2/c1-2-19-10-7-8-11(13(16)9-10)15(18)12-5-3-4-6-14(12)17/h3-9H,2H2,1H3. The van der Waals surface area contributed by atoms with Crippen molar-refractivity contribution < 1.29 is 9.53 Å². The summed E-state index contributed by atoms with van der Waals surface area (Å²) in [6, 6.07) is 13.0. The number of benzene rings is 2. The minimum absolute atomic E-state index is 0.0138. The summed E-state index contributed by atoms with van der Waals surface area (Å²) >= 11 is 5.61. The van der Waals surface area contributed by atoms with E-state index >= 15 is 0 Å². The summed E-state index contributed by atoms with van der Waals surface area (Å²) in [6.07, 6.45) is 0. The topological polar surface area (TPSA) is 26.3 Å². The molecule has 2 rings (SSSR count). The van der Waals surface area contributed by atoms with E-state index in [1.54, 1.807) is 6.07 Å². The van der Waals surface area contributed by atoms with Crippen LogP contribution in [0.15, 0.2) is 46.9 Å². The molecule has 0 atom stereocenters. The fourth-order valence-corrected chi connectivity index (χ4v) is 2.90. The van der Waals surface area contributed by atoms with E-state index in [9.17, 15) is 4.79 Å². The van der Waals surface area contributed by atoms with Gasteiger partial charge in [0.05, 0.1) is 6.61 Å². The Morgan fingerprint density at radius 3 is 2.58 bits per heavy atom. The maximum Gasteiger partial charge on any atom is 0.195 e. The van der Waals surface area contributed by atoms with Gasteiger partial charge in [-0.25, -0.2) is 0 Å². The van der Waals surface area contributed by atoms with E-state index in [1.807, 2.05) is 43.3 Å². The average molecular weight is 431 g/mol. The lowest BCUT2D eigenvalue weighted by Gasteiger charge is -2.08. The number of hydrogen-bond donors (Lipinski definition) is 0. The van der Waals surface area contributed by atoms with Crippen molar-refractivity contribution in [2.75, 3.05) is 6.61 Å². The third kappa shape index (κ3) is 3.36. The Kier molecular flexibility index (Phi) is 4.99. The van der Waals surface area contributed by atoms with Crippen molar-refractivity contribution in [3.05, 3.63) is 61.6 Å². The lowest BCUT2D eigenvalue weighted by Crippen LogP contribution is -2.05. The van der Waals surface area contributed by atoms with Crippen molar-refractivity contribution in [3.8, 4) is 5.75 Å². The number of hydrogen-bond acceptors (Lipinski definition) is 2. The molecule has 98 valence electrons. The fraction of sp³-hybridized carbons (Fsp3) is 0.133. The van der Waals surface area contributed by atoms with Crippen LogP contribution in [0.25, 0.3) is 0 Å². The summed E-state index contributed by atoms with van der Waals surface area (Å²) in [6.45, 7) is 2.54. The van der Waals surface area contributed by atoms with Crippen molar-refractivity contribution in [1.82, 2.24) is 0 Å². The van der Waals surface area contributed by atoms with E-state index in [0.717, 1.165) is 13.8 Å². The van der Waals surface area contributed by atoms with Crippen LogP contribution in [-0.2, 0) is 0 Å². The van der Waals surface area contributed by atoms with Crippen LogP contribution in [0.1, 0.15) is 22.8 Å². The zero-order valence-electron chi connectivity index (χ0n) is 10.3. The van der Waals surface area contributed by atoms with Crippen LogP contribution < -0.4 is 4.74 Å². The van der Waals surface area contributed by atoms with Crippen LogP contribution in [0, 0.1) is 3.57 Å². The number of halogens is 2. The molecule has 0 aliphatic carbocycles. The van der Waals surface area contributed by atoms with Gasteiger partial charge in [-0.15, -0.1) is 0 Å². The van der Waals surface area contributed by atoms with Gasteiger partial charge < -0.3 is 4.74 Å². The molecule has 0 spiro atoms. The maximum atomic E-state index is 12.5. The molecule has 0 aromatic heterocycles. The van der Waals surface area contributed by atoms with Crippen LogP contribution in [0.3, 0.4) is 0 Å². The second kappa shape index (κ2) is 6.52. The highest BCUT2D eigenvalue weighted by Gasteiger charge is 2.15. The van der Waals surface area contributed by atoms with E-state index in [-0.39, 0.29) is 5.78 Å². The number of rotatable bonds is 4. The van der Waals surface area contributed by atoms with Crippen LogP contribution in [0.2, 0.25) is 0 Å². The zero-order valence-corrected chi connectivity index (χ0v) is 14.1. The Morgan fingerprint density at radius 1 is 1.21 bits per heavy atom. The molecular formula is C15H12BrIO2. The lowest BCUT2D eigenvalue weighted by atomic mass is 10.0. The molecular weight excluding hydrogens is 419 g/mol. The molecule has 0 saturated carbocycles. The predicted octanol–water partition coefficient (Wildman–Crippen LogP) is 4.68. The van der Waals surface area contributed by atoms with Gasteiger partial charge in [-0.3, -0.25) is 4.79 Å². The van der Waals surface area contributed by atoms with Crippen LogP contribution >= 0.6 is 38.5 Å². The summed E-state index contributed by atoms with van der Waals surface area (Å²) in [5.41, 5.74) is 1.36. The SMILES string of the molecule is CCOc1ccc(C(=O)c2ccccc2I)c(Br)c1. The molecule has 2 aromatic rings. The maximum absolute atomic E-state index is 12.5. The minimum Gasteiger partial charge on any atom is -0.494 e. The Hall–Kier alpha value is -0.880. The highest BCUT2D eigenvalue weighted by atomic mass is 127. The van der Waals surface area contributed by atoms with Gasteiger partial charge in [-0.05, 0) is 75.8 Å². The predicted molar refractivity (Wildman–Crippen MR) is 87.9 cm³/mol. The van der Waals surface area contributed by atoms with E-state index < -0.39 is 0 Å². The second-order valence-electron chi connectivity index (χ2n) is 3.88. The summed E-state index contributed by atoms with van der Waals surface area (Å²) < 4.78 is 7.11. The Labute approximate surface area is 134 Å². The van der Waals surface area contributed by atoms with Gasteiger partial charge in [0.1, 0.15) is 5.75 Å². The van der Waals surface area contributed by atoms with Gasteiger partial charge >= 0.3 is 0 Å². The Balaban J connectivity index is 2.37. The highest BCUT2D eigenvalue weighted by Crippen LogP contribution is 2.26. The fourth-order valence-electron chi connectivity index (χ4n) is 1.73. The summed E-state index contributed by atoms with van der Waals surface area (Å²) in [5, 5.41) is 0. The van der Waals surface area contributed by atoms with Gasteiger partial charge in [0, 0.05) is 19.2 Å². The van der Waals surface area contributed by atoms with Crippen molar-refractivity contribution >= 4 is 44.3 Å². The summed E-state index contributed by atoms with van der Waals surface area (Å²) in [7, 11) is 0. The van der Waals surface area contributed by atoms with Crippen LogP contribution in [0.5, 0.6) is 5.75 Å². The van der Waals surface area contributed by atoms with Gasteiger partial charge in [-0.2, -0.15) is 0 Å². The van der Waals surface area contributed by atoms with Crippen LogP contribution in [0.4, 0.5) is 0 Å². The highest BCUT2D eigenvalue weighted by molar-refractivity contribution is 14.1. The first-order valence-corrected chi connectivity index (χ1v) is 7.72. The van der Waals surface area contributed by atoms with Gasteiger partial charge in [0.25, 0.3) is 0 Å². The first kappa shape index (κ1) is 14.5. The molecule has 19 heavy (non-hydrogen) atoms. The molecule has 0 saturated heterocycles. The molecule has 0 heterocycles. The Bertz CT molecular complexity index is 611. The van der Waals surface area contributed by atoms with Gasteiger partial charge in [0.2, 0.25) is 0 Å². The van der Waals surface area contributed by atoms with Gasteiger partial charge in [0.15, 0.2) is 5.78 Å². The third-order valence-corrected chi connectivity index (χ3v) is 4.21. The van der Waals surface area contributed by atoms with Gasteiger partial charge in [-0.1, -0.05) is 12.1 Å². The van der Waals surface area contributed by atoms with Crippen molar-refractivity contribution in [1.29, 1.82) is 0 Å². The van der Waals surface area contributed by atoms with Crippen molar-refractivity contribution in [3.63, 3.8) is 0 Å². The smallest absolute Gasteiger partial charge is 0.195 e. The molecule has 0 bridgehead atoms. The first-order chi connectivity index (χ1) is 9.13. The zero-order chi connectivity index (χ0) is 13.8. The normalized spacial score (nSPS) is 10.3. The number of ether oxygens (including phenoxy) is 1. The van der Waals surface area contributed by atoms with Crippen molar-refractivity contribution in [2.24, 2.45) is 0 Å². The number of ketones is 1. The molecule has 0 fully saturated rings. The molecule has 4 heteroatoms. The molecule has 2 nitrogen and oxygen atoms in total. The molecule has 0 N–H and O–H groups in total. The average Bonchev–Trinajstić information content (AvgIpc) is 2.39. The summed E-state index contributed by atoms with van der Waals surface area (Å²) in [5.74, 6) is 0.772. The second-order valence-corrected chi connectivity index (χ2v) is 5.90. The molecule has 0 radical (unpaired) electrons. The monoisotopic (exact) mass is 430 g/mol. The molecule has 0 aliphatic rings. The van der Waals surface area contributed by atoms with Crippen molar-refractivity contribution in [2.45, 2.75) is 6.92 Å². The lowest BCUT2D eigenvalue weighted by molar-refractivity contribution is 0.103. The Morgan fingerprint density at radius 2 is 1.95 bits per heavy atom. The number of carbonyl (C=O) groups is 1. The number of carbonyl (C=O) groups excluding carboxylic acids is 1. The quantitative estimate of drug-likeness (QED) is 0.519. The third-order valence-electron chi connectivity index (χ3n) is 2.61. The molecule has 0 amide bonds. The van der Waals surface area contributed by atoms with E-state index in [1.165, 1.54) is 0 Å². The van der Waals surface area contributed by atoms with E-state index in [4.69, 9.17) is 4.74 Å². The molecule has 0 unspecified atom stereocenters.